The number of carbonyl (C=O) groups is 1. The Labute approximate surface area is 134 Å². The number of rotatable bonds is 8. The van der Waals surface area contributed by atoms with Crippen LogP contribution in [0.3, 0.4) is 0 Å². The molecular formula is C16H21N3O2S. The maximum Gasteiger partial charge on any atom is 0.347 e. The summed E-state index contributed by atoms with van der Waals surface area (Å²) in [4.78, 5) is 22.4. The molecule has 0 fully saturated rings. The summed E-state index contributed by atoms with van der Waals surface area (Å²) in [5, 5.41) is 10.1. The van der Waals surface area contributed by atoms with Crippen LogP contribution in [-0.2, 0) is 19.4 Å². The molecule has 5 nitrogen and oxygen atoms in total. The number of thiazole rings is 1. The molecule has 2 aromatic heterocycles. The van der Waals surface area contributed by atoms with E-state index in [0.29, 0.717) is 23.5 Å². The number of pyridine rings is 1. The number of carboxylic acid groups (broad SMARTS) is 1. The average Bonchev–Trinajstić information content (AvgIpc) is 2.95. The van der Waals surface area contributed by atoms with Crippen LogP contribution in [0.15, 0.2) is 24.5 Å². The Morgan fingerprint density at radius 1 is 1.32 bits per heavy atom. The molecule has 0 amide bonds. The van der Waals surface area contributed by atoms with Crippen LogP contribution in [0.25, 0.3) is 0 Å². The maximum atomic E-state index is 11.2. The van der Waals surface area contributed by atoms with Crippen molar-refractivity contribution in [1.82, 2.24) is 14.9 Å². The highest BCUT2D eigenvalue weighted by molar-refractivity contribution is 7.13. The molecule has 0 unspecified atom stereocenters. The number of nitrogens with zero attached hydrogens (tertiary/aromatic N) is 3. The number of aromatic nitrogens is 2. The highest BCUT2D eigenvalue weighted by atomic mass is 32.1. The van der Waals surface area contributed by atoms with Crippen molar-refractivity contribution in [3.8, 4) is 0 Å². The summed E-state index contributed by atoms with van der Waals surface area (Å²) in [6.45, 7) is 6.58. The molecule has 0 radical (unpaired) electrons. The van der Waals surface area contributed by atoms with Crippen LogP contribution in [0.1, 0.15) is 39.8 Å². The molecule has 2 rings (SSSR count). The Balaban J connectivity index is 1.99. The highest BCUT2D eigenvalue weighted by Gasteiger charge is 2.17. The molecule has 0 aliphatic heterocycles. The minimum absolute atomic E-state index is 0.377. The molecule has 0 atom stereocenters. The van der Waals surface area contributed by atoms with Crippen molar-refractivity contribution >= 4 is 17.3 Å². The van der Waals surface area contributed by atoms with Gasteiger partial charge in [0.2, 0.25) is 0 Å². The fourth-order valence-corrected chi connectivity index (χ4v) is 3.29. The van der Waals surface area contributed by atoms with Gasteiger partial charge < -0.3 is 5.11 Å². The van der Waals surface area contributed by atoms with Crippen molar-refractivity contribution in [3.05, 3.63) is 45.7 Å². The van der Waals surface area contributed by atoms with Gasteiger partial charge in [-0.1, -0.05) is 13.8 Å². The Kier molecular flexibility index (Phi) is 6.03. The zero-order valence-corrected chi connectivity index (χ0v) is 13.8. The molecular weight excluding hydrogens is 298 g/mol. The van der Waals surface area contributed by atoms with Crippen molar-refractivity contribution in [3.63, 3.8) is 0 Å². The van der Waals surface area contributed by atoms with Gasteiger partial charge in [0.25, 0.3) is 0 Å². The third kappa shape index (κ3) is 4.35. The molecule has 0 saturated heterocycles. The molecule has 22 heavy (non-hydrogen) atoms. The Morgan fingerprint density at radius 3 is 2.59 bits per heavy atom. The Morgan fingerprint density at radius 2 is 2.05 bits per heavy atom. The lowest BCUT2D eigenvalue weighted by Gasteiger charge is -2.18. The molecule has 0 saturated carbocycles. The first-order valence-corrected chi connectivity index (χ1v) is 8.28. The summed E-state index contributed by atoms with van der Waals surface area (Å²) in [5.41, 5.74) is 1.95. The summed E-state index contributed by atoms with van der Waals surface area (Å²) in [6.07, 6.45) is 5.22. The van der Waals surface area contributed by atoms with Crippen LogP contribution < -0.4 is 0 Å². The van der Waals surface area contributed by atoms with Crippen LogP contribution in [0.2, 0.25) is 0 Å². The predicted molar refractivity (Wildman–Crippen MR) is 87.3 cm³/mol. The maximum absolute atomic E-state index is 11.2. The molecule has 118 valence electrons. The summed E-state index contributed by atoms with van der Waals surface area (Å²) >= 11 is 1.30. The van der Waals surface area contributed by atoms with E-state index >= 15 is 0 Å². The zero-order valence-electron chi connectivity index (χ0n) is 13.0. The number of carboxylic acids is 1. The molecule has 0 bridgehead atoms. The van der Waals surface area contributed by atoms with E-state index in [-0.39, 0.29) is 0 Å². The lowest BCUT2D eigenvalue weighted by atomic mass is 10.2. The first-order valence-electron chi connectivity index (χ1n) is 7.47. The van der Waals surface area contributed by atoms with Crippen molar-refractivity contribution < 1.29 is 9.90 Å². The predicted octanol–water partition coefficient (Wildman–Crippen LogP) is 2.86. The zero-order chi connectivity index (χ0) is 15.9. The normalized spacial score (nSPS) is 11.0. The van der Waals surface area contributed by atoms with Crippen LogP contribution in [0.4, 0.5) is 0 Å². The van der Waals surface area contributed by atoms with Crippen LogP contribution in [-0.4, -0.2) is 39.0 Å². The van der Waals surface area contributed by atoms with Gasteiger partial charge in [0.05, 0.1) is 12.2 Å². The first kappa shape index (κ1) is 16.6. The summed E-state index contributed by atoms with van der Waals surface area (Å²) in [6, 6.07) is 4.05. The SMILES string of the molecule is CCc1nc(CN(CC)CCc2ccncc2)sc1C(=O)O. The van der Waals surface area contributed by atoms with E-state index in [1.807, 2.05) is 19.1 Å². The molecule has 0 spiro atoms. The quantitative estimate of drug-likeness (QED) is 0.810. The molecule has 2 aromatic rings. The standard InChI is InChI=1S/C16H21N3O2S/c1-3-13-15(16(20)21)22-14(18-13)11-19(4-2)10-7-12-5-8-17-9-6-12/h5-6,8-9H,3-4,7,10-11H2,1-2H3,(H,20,21). The van der Waals surface area contributed by atoms with E-state index in [0.717, 1.165) is 24.5 Å². The Hall–Kier alpha value is -1.79. The molecule has 6 heteroatoms. The van der Waals surface area contributed by atoms with Crippen molar-refractivity contribution in [2.24, 2.45) is 0 Å². The minimum atomic E-state index is -0.875. The molecule has 2 heterocycles. The first-order chi connectivity index (χ1) is 10.6. The number of likely N-dealkylation sites (N-methyl/N-ethyl adjacent to an activating group) is 1. The van der Waals surface area contributed by atoms with Crippen molar-refractivity contribution in [2.45, 2.75) is 33.2 Å². The van der Waals surface area contributed by atoms with Gasteiger partial charge in [-0.3, -0.25) is 9.88 Å². The fourth-order valence-electron chi connectivity index (χ4n) is 2.25. The second-order valence-electron chi connectivity index (χ2n) is 5.02. The van der Waals surface area contributed by atoms with Gasteiger partial charge in [0.15, 0.2) is 0 Å². The van der Waals surface area contributed by atoms with Crippen molar-refractivity contribution in [1.29, 1.82) is 0 Å². The summed E-state index contributed by atoms with van der Waals surface area (Å²) < 4.78 is 0. The largest absolute Gasteiger partial charge is 0.477 e. The smallest absolute Gasteiger partial charge is 0.347 e. The van der Waals surface area contributed by atoms with E-state index < -0.39 is 5.97 Å². The average molecular weight is 319 g/mol. The van der Waals surface area contributed by atoms with E-state index in [1.54, 1.807) is 12.4 Å². The molecule has 0 aliphatic carbocycles. The lowest BCUT2D eigenvalue weighted by Crippen LogP contribution is -2.25. The van der Waals surface area contributed by atoms with Gasteiger partial charge in [-0.2, -0.15) is 0 Å². The Bertz CT molecular complexity index is 613. The number of aryl methyl sites for hydroxylation is 1. The molecule has 1 N–H and O–H groups in total. The third-order valence-corrected chi connectivity index (χ3v) is 4.61. The second-order valence-corrected chi connectivity index (χ2v) is 6.10. The van der Waals surface area contributed by atoms with Crippen LogP contribution in [0.5, 0.6) is 0 Å². The van der Waals surface area contributed by atoms with E-state index in [2.05, 4.69) is 21.8 Å². The summed E-state index contributed by atoms with van der Waals surface area (Å²) in [7, 11) is 0. The van der Waals surface area contributed by atoms with Gasteiger partial charge >= 0.3 is 5.97 Å². The van der Waals surface area contributed by atoms with Gasteiger partial charge in [0, 0.05) is 18.9 Å². The summed E-state index contributed by atoms with van der Waals surface area (Å²) in [5.74, 6) is -0.875. The number of aromatic carboxylic acids is 1. The van der Waals surface area contributed by atoms with E-state index in [4.69, 9.17) is 0 Å². The third-order valence-electron chi connectivity index (χ3n) is 3.54. The van der Waals surface area contributed by atoms with Gasteiger partial charge in [-0.15, -0.1) is 11.3 Å². The second kappa shape index (κ2) is 8.00. The van der Waals surface area contributed by atoms with Gasteiger partial charge in [-0.05, 0) is 37.1 Å². The van der Waals surface area contributed by atoms with E-state index in [9.17, 15) is 9.90 Å². The van der Waals surface area contributed by atoms with Crippen LogP contribution >= 0.6 is 11.3 Å². The van der Waals surface area contributed by atoms with Gasteiger partial charge in [-0.25, -0.2) is 9.78 Å². The van der Waals surface area contributed by atoms with E-state index in [1.165, 1.54) is 16.9 Å². The highest BCUT2D eigenvalue weighted by Crippen LogP contribution is 2.20. The monoisotopic (exact) mass is 319 g/mol. The van der Waals surface area contributed by atoms with Crippen LogP contribution in [0, 0.1) is 0 Å². The molecule has 0 aromatic carbocycles. The van der Waals surface area contributed by atoms with Crippen molar-refractivity contribution in [2.75, 3.05) is 13.1 Å². The van der Waals surface area contributed by atoms with Gasteiger partial charge in [0.1, 0.15) is 9.88 Å². The number of hydrogen-bond acceptors (Lipinski definition) is 5. The topological polar surface area (TPSA) is 66.3 Å². The number of hydrogen-bond donors (Lipinski definition) is 1. The molecule has 0 aliphatic rings. The fraction of sp³-hybridized carbons (Fsp3) is 0.438. The minimum Gasteiger partial charge on any atom is -0.477 e. The lowest BCUT2D eigenvalue weighted by molar-refractivity contribution is 0.0701.